The normalized spacial score (nSPS) is 18.6. The van der Waals surface area contributed by atoms with E-state index in [9.17, 15) is 4.79 Å². The zero-order valence-corrected chi connectivity index (χ0v) is 12.1. The summed E-state index contributed by atoms with van der Waals surface area (Å²) in [6.45, 7) is 5.02. The highest BCUT2D eigenvalue weighted by Crippen LogP contribution is 2.20. The molecule has 1 aliphatic rings. The van der Waals surface area contributed by atoms with Crippen LogP contribution in [-0.4, -0.2) is 32.3 Å². The van der Waals surface area contributed by atoms with Crippen LogP contribution in [0.4, 0.5) is 0 Å². The first kappa shape index (κ1) is 14.9. The molecule has 1 atom stereocenters. The molecule has 1 N–H and O–H groups in total. The summed E-state index contributed by atoms with van der Waals surface area (Å²) >= 11 is 0. The zero-order chi connectivity index (χ0) is 14.2. The molecule has 0 spiro atoms. The molecule has 4 nitrogen and oxygen atoms in total. The lowest BCUT2D eigenvalue weighted by atomic mass is 9.97. The van der Waals surface area contributed by atoms with Gasteiger partial charge >= 0.3 is 5.97 Å². The number of para-hydroxylation sites is 1. The minimum atomic E-state index is -0.317. The van der Waals surface area contributed by atoms with E-state index in [4.69, 9.17) is 9.47 Å². The first-order valence-corrected chi connectivity index (χ1v) is 7.41. The predicted molar refractivity (Wildman–Crippen MR) is 78.1 cm³/mol. The summed E-state index contributed by atoms with van der Waals surface area (Å²) in [6, 6.07) is 7.27. The van der Waals surface area contributed by atoms with Gasteiger partial charge in [0.1, 0.15) is 11.3 Å². The lowest BCUT2D eigenvalue weighted by Crippen LogP contribution is -2.30. The quantitative estimate of drug-likeness (QED) is 0.812. The fourth-order valence-corrected chi connectivity index (χ4v) is 2.48. The predicted octanol–water partition coefficient (Wildman–Crippen LogP) is 2.63. The van der Waals surface area contributed by atoms with Crippen molar-refractivity contribution in [2.45, 2.75) is 26.2 Å². The van der Waals surface area contributed by atoms with Crippen molar-refractivity contribution < 1.29 is 14.3 Å². The molecule has 20 heavy (non-hydrogen) atoms. The Kier molecular flexibility index (Phi) is 5.87. The first-order chi connectivity index (χ1) is 9.81. The van der Waals surface area contributed by atoms with Gasteiger partial charge in [-0.2, -0.15) is 0 Å². The van der Waals surface area contributed by atoms with Crippen LogP contribution >= 0.6 is 0 Å². The van der Waals surface area contributed by atoms with Crippen LogP contribution in [0.5, 0.6) is 5.75 Å². The van der Waals surface area contributed by atoms with Gasteiger partial charge in [-0.05, 0) is 57.3 Å². The molecule has 0 bridgehead atoms. The van der Waals surface area contributed by atoms with Gasteiger partial charge in [0.05, 0.1) is 13.2 Å². The fraction of sp³-hybridized carbons (Fsp3) is 0.562. The Bertz CT molecular complexity index is 427. The highest BCUT2D eigenvalue weighted by Gasteiger charge is 2.15. The summed E-state index contributed by atoms with van der Waals surface area (Å²) in [4.78, 5) is 11.8. The molecule has 1 heterocycles. The lowest BCUT2D eigenvalue weighted by molar-refractivity contribution is 0.0521. The molecule has 1 aromatic carbocycles. The molecule has 0 radical (unpaired) electrons. The highest BCUT2D eigenvalue weighted by atomic mass is 16.5. The number of benzene rings is 1. The Hall–Kier alpha value is -1.55. The van der Waals surface area contributed by atoms with Crippen molar-refractivity contribution in [3.8, 4) is 5.75 Å². The molecule has 1 aliphatic heterocycles. The van der Waals surface area contributed by atoms with Crippen LogP contribution in [0, 0.1) is 5.92 Å². The van der Waals surface area contributed by atoms with E-state index in [0.717, 1.165) is 19.5 Å². The average molecular weight is 277 g/mol. The minimum Gasteiger partial charge on any atom is -0.493 e. The van der Waals surface area contributed by atoms with Crippen LogP contribution in [-0.2, 0) is 4.74 Å². The summed E-state index contributed by atoms with van der Waals surface area (Å²) in [5, 5.41) is 3.40. The smallest absolute Gasteiger partial charge is 0.341 e. The van der Waals surface area contributed by atoms with Gasteiger partial charge in [-0.15, -0.1) is 0 Å². The number of esters is 1. The largest absolute Gasteiger partial charge is 0.493 e. The Morgan fingerprint density at radius 1 is 1.40 bits per heavy atom. The van der Waals surface area contributed by atoms with E-state index in [2.05, 4.69) is 5.32 Å². The second-order valence-corrected chi connectivity index (χ2v) is 5.07. The second kappa shape index (κ2) is 7.90. The monoisotopic (exact) mass is 277 g/mol. The molecule has 1 saturated heterocycles. The van der Waals surface area contributed by atoms with Crippen LogP contribution in [0.25, 0.3) is 0 Å². The number of rotatable bonds is 6. The van der Waals surface area contributed by atoms with Crippen molar-refractivity contribution in [2.75, 3.05) is 26.3 Å². The van der Waals surface area contributed by atoms with Gasteiger partial charge in [-0.3, -0.25) is 0 Å². The van der Waals surface area contributed by atoms with E-state index in [1.165, 1.54) is 12.8 Å². The van der Waals surface area contributed by atoms with Crippen LogP contribution in [0.3, 0.4) is 0 Å². The van der Waals surface area contributed by atoms with E-state index >= 15 is 0 Å². The topological polar surface area (TPSA) is 47.6 Å². The molecule has 1 unspecified atom stereocenters. The number of hydrogen-bond acceptors (Lipinski definition) is 4. The van der Waals surface area contributed by atoms with Gasteiger partial charge in [-0.1, -0.05) is 12.1 Å². The van der Waals surface area contributed by atoms with Crippen LogP contribution in [0.2, 0.25) is 0 Å². The maximum absolute atomic E-state index is 11.8. The SMILES string of the molecule is CCOC(=O)c1ccccc1OCCC1CCCNC1. The van der Waals surface area contributed by atoms with Crippen molar-refractivity contribution >= 4 is 5.97 Å². The maximum atomic E-state index is 11.8. The average Bonchev–Trinajstić information content (AvgIpc) is 2.49. The number of carbonyl (C=O) groups is 1. The Morgan fingerprint density at radius 2 is 2.25 bits per heavy atom. The lowest BCUT2D eigenvalue weighted by Gasteiger charge is -2.22. The Labute approximate surface area is 120 Å². The summed E-state index contributed by atoms with van der Waals surface area (Å²) in [5.41, 5.74) is 0.510. The van der Waals surface area contributed by atoms with Crippen molar-refractivity contribution in [3.63, 3.8) is 0 Å². The van der Waals surface area contributed by atoms with E-state index < -0.39 is 0 Å². The fourth-order valence-electron chi connectivity index (χ4n) is 2.48. The first-order valence-electron chi connectivity index (χ1n) is 7.41. The Balaban J connectivity index is 1.86. The van der Waals surface area contributed by atoms with Gasteiger partial charge < -0.3 is 14.8 Å². The highest BCUT2D eigenvalue weighted by molar-refractivity contribution is 5.92. The van der Waals surface area contributed by atoms with Crippen molar-refractivity contribution in [1.82, 2.24) is 5.32 Å². The molecule has 110 valence electrons. The number of nitrogens with one attached hydrogen (secondary N) is 1. The van der Waals surface area contributed by atoms with E-state index in [1.54, 1.807) is 13.0 Å². The molecule has 4 heteroatoms. The summed E-state index contributed by atoms with van der Waals surface area (Å²) in [7, 11) is 0. The number of carbonyl (C=O) groups excluding carboxylic acids is 1. The molecule has 1 fully saturated rings. The van der Waals surface area contributed by atoms with E-state index in [0.29, 0.717) is 30.4 Å². The van der Waals surface area contributed by atoms with E-state index in [-0.39, 0.29) is 5.97 Å². The molecule has 0 aromatic heterocycles. The molecule has 0 aliphatic carbocycles. The molecule has 0 amide bonds. The third-order valence-electron chi connectivity index (χ3n) is 3.57. The molecule has 1 aromatic rings. The third-order valence-corrected chi connectivity index (χ3v) is 3.57. The zero-order valence-electron chi connectivity index (χ0n) is 12.1. The van der Waals surface area contributed by atoms with Crippen LogP contribution < -0.4 is 10.1 Å². The summed E-state index contributed by atoms with van der Waals surface area (Å²) in [6.07, 6.45) is 3.52. The minimum absolute atomic E-state index is 0.317. The number of hydrogen-bond donors (Lipinski definition) is 1. The summed E-state index contributed by atoms with van der Waals surface area (Å²) in [5.74, 6) is 0.982. The maximum Gasteiger partial charge on any atom is 0.341 e. The molecular weight excluding hydrogens is 254 g/mol. The molecule has 2 rings (SSSR count). The van der Waals surface area contributed by atoms with Gasteiger partial charge in [0, 0.05) is 0 Å². The molecular formula is C16H23NO3. The van der Waals surface area contributed by atoms with Crippen LogP contribution in [0.15, 0.2) is 24.3 Å². The third kappa shape index (κ3) is 4.23. The standard InChI is InChI=1S/C16H23NO3/c1-2-19-16(18)14-7-3-4-8-15(14)20-11-9-13-6-5-10-17-12-13/h3-4,7-8,13,17H,2,5-6,9-12H2,1H3. The second-order valence-electron chi connectivity index (χ2n) is 5.07. The van der Waals surface area contributed by atoms with Gasteiger partial charge in [-0.25, -0.2) is 4.79 Å². The number of ether oxygens (including phenoxy) is 2. The van der Waals surface area contributed by atoms with Crippen molar-refractivity contribution in [1.29, 1.82) is 0 Å². The van der Waals surface area contributed by atoms with Gasteiger partial charge in [0.25, 0.3) is 0 Å². The van der Waals surface area contributed by atoms with Gasteiger partial charge in [0.2, 0.25) is 0 Å². The van der Waals surface area contributed by atoms with Crippen molar-refractivity contribution in [2.24, 2.45) is 5.92 Å². The molecule has 0 saturated carbocycles. The van der Waals surface area contributed by atoms with Crippen LogP contribution in [0.1, 0.15) is 36.5 Å². The van der Waals surface area contributed by atoms with Gasteiger partial charge in [0.15, 0.2) is 0 Å². The van der Waals surface area contributed by atoms with E-state index in [1.807, 2.05) is 18.2 Å². The summed E-state index contributed by atoms with van der Waals surface area (Å²) < 4.78 is 10.8. The van der Waals surface area contributed by atoms with Crippen molar-refractivity contribution in [3.05, 3.63) is 29.8 Å². The Morgan fingerprint density at radius 3 is 3.00 bits per heavy atom. The number of piperidine rings is 1.